The Morgan fingerprint density at radius 2 is 2.12 bits per heavy atom. The van der Waals surface area contributed by atoms with E-state index in [-0.39, 0.29) is 17.5 Å². The van der Waals surface area contributed by atoms with Gasteiger partial charge in [-0.05, 0) is 27.7 Å². The van der Waals surface area contributed by atoms with Gasteiger partial charge in [-0.3, -0.25) is 14.8 Å². The first kappa shape index (κ1) is 13.6. The largest absolute Gasteiger partial charge is 0.350 e. The molecular weight excluding hydrogens is 216 g/mol. The van der Waals surface area contributed by atoms with Crippen molar-refractivity contribution in [3.63, 3.8) is 0 Å². The lowest BCUT2D eigenvalue weighted by molar-refractivity contribution is -0.124. The van der Waals surface area contributed by atoms with Crippen molar-refractivity contribution in [1.82, 2.24) is 20.6 Å². The third-order valence-electron chi connectivity index (χ3n) is 2.10. The summed E-state index contributed by atoms with van der Waals surface area (Å²) < 4.78 is 0. The fraction of sp³-hybridized carbons (Fsp3) is 0.583. The van der Waals surface area contributed by atoms with Crippen molar-refractivity contribution in [3.05, 3.63) is 24.3 Å². The molecule has 5 nitrogen and oxygen atoms in total. The van der Waals surface area contributed by atoms with Crippen LogP contribution in [0.4, 0.5) is 0 Å². The van der Waals surface area contributed by atoms with Gasteiger partial charge in [0.05, 0.1) is 11.7 Å². The molecular formula is C12H20N4O. The summed E-state index contributed by atoms with van der Waals surface area (Å²) in [6.45, 7) is 8.24. The number of amides is 1. The Hall–Kier alpha value is -1.49. The normalized spacial score (nSPS) is 13.2. The van der Waals surface area contributed by atoms with Crippen molar-refractivity contribution < 1.29 is 4.79 Å². The molecule has 1 atom stereocenters. The van der Waals surface area contributed by atoms with Gasteiger partial charge in [-0.2, -0.15) is 0 Å². The zero-order valence-corrected chi connectivity index (χ0v) is 10.8. The molecule has 17 heavy (non-hydrogen) atoms. The summed E-state index contributed by atoms with van der Waals surface area (Å²) >= 11 is 0. The van der Waals surface area contributed by atoms with Gasteiger partial charge in [0.25, 0.3) is 0 Å². The second kappa shape index (κ2) is 5.72. The number of nitrogens with one attached hydrogen (secondary N) is 2. The van der Waals surface area contributed by atoms with E-state index in [0.29, 0.717) is 6.54 Å². The van der Waals surface area contributed by atoms with Gasteiger partial charge in [-0.1, -0.05) is 0 Å². The summed E-state index contributed by atoms with van der Waals surface area (Å²) in [7, 11) is 0. The predicted octanol–water partition coefficient (Wildman–Crippen LogP) is 0.869. The molecule has 1 aromatic heterocycles. The summed E-state index contributed by atoms with van der Waals surface area (Å²) in [5, 5.41) is 6.02. The zero-order valence-electron chi connectivity index (χ0n) is 10.8. The Morgan fingerprint density at radius 1 is 1.41 bits per heavy atom. The molecule has 0 aromatic carbocycles. The van der Waals surface area contributed by atoms with Crippen LogP contribution in [0.5, 0.6) is 0 Å². The Labute approximate surface area is 102 Å². The van der Waals surface area contributed by atoms with Crippen LogP contribution < -0.4 is 10.6 Å². The van der Waals surface area contributed by atoms with Gasteiger partial charge in [0.1, 0.15) is 0 Å². The van der Waals surface area contributed by atoms with Crippen LogP contribution >= 0.6 is 0 Å². The van der Waals surface area contributed by atoms with E-state index in [1.165, 1.54) is 0 Å². The maximum Gasteiger partial charge on any atom is 0.237 e. The highest BCUT2D eigenvalue weighted by Crippen LogP contribution is 1.99. The van der Waals surface area contributed by atoms with Crippen molar-refractivity contribution >= 4 is 5.91 Å². The molecule has 0 saturated heterocycles. The summed E-state index contributed by atoms with van der Waals surface area (Å²) in [5.74, 6) is -0.0126. The van der Waals surface area contributed by atoms with Crippen LogP contribution in [0.25, 0.3) is 0 Å². The Kier molecular flexibility index (Phi) is 4.57. The van der Waals surface area contributed by atoms with Gasteiger partial charge >= 0.3 is 0 Å². The standard InChI is InChI=1S/C12H20N4O/c1-9(11(17)16-12(2,3)4)15-8-10-7-13-5-6-14-10/h5-7,9,15H,8H2,1-4H3,(H,16,17). The highest BCUT2D eigenvalue weighted by molar-refractivity contribution is 5.81. The number of carbonyl (C=O) groups excluding carboxylic acids is 1. The lowest BCUT2D eigenvalue weighted by Crippen LogP contribution is -2.49. The third-order valence-corrected chi connectivity index (χ3v) is 2.10. The minimum Gasteiger partial charge on any atom is -0.350 e. The number of nitrogens with zero attached hydrogens (tertiary/aromatic N) is 2. The van der Waals surface area contributed by atoms with E-state index in [9.17, 15) is 4.79 Å². The second-order valence-corrected chi connectivity index (χ2v) is 5.04. The fourth-order valence-corrected chi connectivity index (χ4v) is 1.25. The number of hydrogen-bond acceptors (Lipinski definition) is 4. The van der Waals surface area contributed by atoms with E-state index >= 15 is 0 Å². The van der Waals surface area contributed by atoms with Crippen LogP contribution in [0.2, 0.25) is 0 Å². The number of rotatable bonds is 4. The Morgan fingerprint density at radius 3 is 2.65 bits per heavy atom. The topological polar surface area (TPSA) is 66.9 Å². The lowest BCUT2D eigenvalue weighted by atomic mass is 10.1. The minimum atomic E-state index is -0.253. The molecule has 0 spiro atoms. The average Bonchev–Trinajstić information content (AvgIpc) is 2.25. The van der Waals surface area contributed by atoms with E-state index in [0.717, 1.165) is 5.69 Å². The summed E-state index contributed by atoms with van der Waals surface area (Å²) in [6.07, 6.45) is 4.94. The predicted molar refractivity (Wildman–Crippen MR) is 66.2 cm³/mol. The minimum absolute atomic E-state index is 0.0126. The lowest BCUT2D eigenvalue weighted by Gasteiger charge is -2.23. The zero-order chi connectivity index (χ0) is 12.9. The van der Waals surface area contributed by atoms with Gasteiger partial charge < -0.3 is 10.6 Å². The van der Waals surface area contributed by atoms with E-state index in [1.807, 2.05) is 27.7 Å². The molecule has 0 aliphatic rings. The van der Waals surface area contributed by atoms with Crippen molar-refractivity contribution in [2.75, 3.05) is 0 Å². The van der Waals surface area contributed by atoms with Crippen LogP contribution in [0.15, 0.2) is 18.6 Å². The van der Waals surface area contributed by atoms with Gasteiger partial charge in [-0.25, -0.2) is 0 Å². The molecule has 1 unspecified atom stereocenters. The second-order valence-electron chi connectivity index (χ2n) is 5.04. The smallest absolute Gasteiger partial charge is 0.237 e. The maximum absolute atomic E-state index is 11.8. The molecule has 1 amide bonds. The SMILES string of the molecule is CC(NCc1cnccn1)C(=O)NC(C)(C)C. The molecule has 1 aromatic rings. The number of carbonyl (C=O) groups is 1. The van der Waals surface area contributed by atoms with Crippen molar-refractivity contribution in [2.24, 2.45) is 0 Å². The molecule has 2 N–H and O–H groups in total. The van der Waals surface area contributed by atoms with E-state index in [1.54, 1.807) is 18.6 Å². The first-order chi connectivity index (χ1) is 7.88. The number of hydrogen-bond donors (Lipinski definition) is 2. The Bertz CT molecular complexity index is 359. The van der Waals surface area contributed by atoms with Crippen LogP contribution in [0.1, 0.15) is 33.4 Å². The van der Waals surface area contributed by atoms with E-state index in [4.69, 9.17) is 0 Å². The highest BCUT2D eigenvalue weighted by Gasteiger charge is 2.18. The molecule has 0 radical (unpaired) electrons. The fourth-order valence-electron chi connectivity index (χ4n) is 1.25. The molecule has 0 aliphatic heterocycles. The molecule has 0 bridgehead atoms. The van der Waals surface area contributed by atoms with Gasteiger partial charge in [0.2, 0.25) is 5.91 Å². The molecule has 1 heterocycles. The Balaban J connectivity index is 2.40. The first-order valence-corrected chi connectivity index (χ1v) is 5.69. The van der Waals surface area contributed by atoms with Gasteiger partial charge in [0.15, 0.2) is 0 Å². The van der Waals surface area contributed by atoms with E-state index < -0.39 is 0 Å². The molecule has 0 fully saturated rings. The molecule has 1 rings (SSSR count). The number of aromatic nitrogens is 2. The van der Waals surface area contributed by atoms with Crippen molar-refractivity contribution in [3.8, 4) is 0 Å². The maximum atomic E-state index is 11.8. The van der Waals surface area contributed by atoms with Crippen LogP contribution in [0.3, 0.4) is 0 Å². The van der Waals surface area contributed by atoms with Crippen molar-refractivity contribution in [2.45, 2.75) is 45.8 Å². The first-order valence-electron chi connectivity index (χ1n) is 5.69. The molecule has 5 heteroatoms. The molecule has 0 saturated carbocycles. The van der Waals surface area contributed by atoms with Crippen molar-refractivity contribution in [1.29, 1.82) is 0 Å². The molecule has 0 aliphatic carbocycles. The quantitative estimate of drug-likeness (QED) is 0.814. The highest BCUT2D eigenvalue weighted by atomic mass is 16.2. The summed E-state index contributed by atoms with van der Waals surface area (Å²) in [4.78, 5) is 19.9. The average molecular weight is 236 g/mol. The van der Waals surface area contributed by atoms with E-state index in [2.05, 4.69) is 20.6 Å². The van der Waals surface area contributed by atoms with Crippen LogP contribution in [-0.2, 0) is 11.3 Å². The molecule has 94 valence electrons. The monoisotopic (exact) mass is 236 g/mol. The third kappa shape index (κ3) is 5.40. The summed E-state index contributed by atoms with van der Waals surface area (Å²) in [6, 6.07) is -0.253. The van der Waals surface area contributed by atoms with Crippen LogP contribution in [0, 0.1) is 0 Å². The van der Waals surface area contributed by atoms with Crippen LogP contribution in [-0.4, -0.2) is 27.5 Å². The summed E-state index contributed by atoms with van der Waals surface area (Å²) in [5.41, 5.74) is 0.613. The van der Waals surface area contributed by atoms with Gasteiger partial charge in [0, 0.05) is 30.7 Å². The van der Waals surface area contributed by atoms with Gasteiger partial charge in [-0.15, -0.1) is 0 Å².